The van der Waals surface area contributed by atoms with Crippen molar-refractivity contribution in [3.05, 3.63) is 89.6 Å². The molecule has 0 spiro atoms. The highest BCUT2D eigenvalue weighted by atomic mass is 79.9. The number of pyridine rings is 3. The molecule has 4 aromatic heterocycles. The van der Waals surface area contributed by atoms with Crippen LogP contribution in [0.15, 0.2) is 84.0 Å². The van der Waals surface area contributed by atoms with E-state index in [4.69, 9.17) is 15.7 Å². The first kappa shape index (κ1) is 21.9. The molecular formula is C26H22BrN7. The lowest BCUT2D eigenvalue weighted by Crippen LogP contribution is -2.21. The van der Waals surface area contributed by atoms with Crippen molar-refractivity contribution < 1.29 is 0 Å². The van der Waals surface area contributed by atoms with E-state index in [2.05, 4.69) is 35.8 Å². The third kappa shape index (κ3) is 4.58. The smallest absolute Gasteiger partial charge is 0.165 e. The van der Waals surface area contributed by atoms with Crippen molar-refractivity contribution in [2.45, 2.75) is 6.42 Å². The minimum Gasteiger partial charge on any atom is -0.383 e. The number of anilines is 2. The highest BCUT2D eigenvalue weighted by Crippen LogP contribution is 2.34. The van der Waals surface area contributed by atoms with Gasteiger partial charge in [0.05, 0.1) is 11.1 Å². The van der Waals surface area contributed by atoms with E-state index in [-0.39, 0.29) is 0 Å². The molecule has 34 heavy (non-hydrogen) atoms. The monoisotopic (exact) mass is 511 g/mol. The highest BCUT2D eigenvalue weighted by Gasteiger charge is 2.14. The molecule has 0 radical (unpaired) electrons. The van der Waals surface area contributed by atoms with Crippen LogP contribution in [0.1, 0.15) is 5.56 Å². The molecule has 0 bridgehead atoms. The van der Waals surface area contributed by atoms with Gasteiger partial charge >= 0.3 is 0 Å². The quantitative estimate of drug-likeness (QED) is 0.335. The summed E-state index contributed by atoms with van der Waals surface area (Å²) in [6.45, 7) is 0.855. The number of aromatic nitrogens is 5. The van der Waals surface area contributed by atoms with Gasteiger partial charge in [0.25, 0.3) is 0 Å². The fraction of sp³-hybridized carbons (Fsp3) is 0.115. The summed E-state index contributed by atoms with van der Waals surface area (Å²) in [6.07, 6.45) is 7.85. The van der Waals surface area contributed by atoms with Gasteiger partial charge in [-0.05, 0) is 65.6 Å². The van der Waals surface area contributed by atoms with E-state index >= 15 is 0 Å². The molecule has 0 aliphatic rings. The highest BCUT2D eigenvalue weighted by molar-refractivity contribution is 9.10. The number of fused-ring (bicyclic) bond motifs is 1. The van der Waals surface area contributed by atoms with Crippen LogP contribution in [0.3, 0.4) is 0 Å². The molecule has 2 N–H and O–H groups in total. The van der Waals surface area contributed by atoms with Gasteiger partial charge in [-0.1, -0.05) is 28.1 Å². The Kier molecular flexibility index (Phi) is 6.14. The van der Waals surface area contributed by atoms with Crippen molar-refractivity contribution in [3.8, 4) is 22.4 Å². The zero-order valence-corrected chi connectivity index (χ0v) is 20.1. The molecule has 1 aromatic carbocycles. The van der Waals surface area contributed by atoms with Gasteiger partial charge in [0.15, 0.2) is 5.65 Å². The van der Waals surface area contributed by atoms with Crippen LogP contribution < -0.4 is 10.6 Å². The van der Waals surface area contributed by atoms with Crippen LogP contribution in [0.2, 0.25) is 0 Å². The van der Waals surface area contributed by atoms with Crippen molar-refractivity contribution in [1.82, 2.24) is 24.9 Å². The number of hydrogen-bond acceptors (Lipinski definition) is 7. The van der Waals surface area contributed by atoms with E-state index in [1.54, 1.807) is 0 Å². The molecule has 7 nitrogen and oxygen atoms in total. The van der Waals surface area contributed by atoms with Crippen LogP contribution in [0.25, 0.3) is 33.4 Å². The first-order chi connectivity index (χ1) is 16.6. The standard InChI is InChI=1S/C26H22BrN7/c1-34(12-9-17-7-10-29-11-8-17)23-6-5-19(15-30-23)22-14-21(18-3-2-4-20(27)13-18)24-25(28)31-16-32-26(24)33-22/h2-8,10-11,13-16H,9,12H2,1H3,(H2,28,31,32,33). The largest absolute Gasteiger partial charge is 0.383 e. The van der Waals surface area contributed by atoms with Crippen molar-refractivity contribution in [1.29, 1.82) is 0 Å². The average molecular weight is 512 g/mol. The number of benzene rings is 1. The molecule has 0 saturated heterocycles. The van der Waals surface area contributed by atoms with Gasteiger partial charge in [0, 0.05) is 42.2 Å². The number of halogens is 1. The van der Waals surface area contributed by atoms with E-state index in [0.29, 0.717) is 11.5 Å². The van der Waals surface area contributed by atoms with E-state index in [9.17, 15) is 0 Å². The maximum absolute atomic E-state index is 6.22. The van der Waals surface area contributed by atoms with Gasteiger partial charge in [-0.15, -0.1) is 0 Å². The summed E-state index contributed by atoms with van der Waals surface area (Å²) in [5, 5.41) is 0.741. The van der Waals surface area contributed by atoms with Gasteiger partial charge in [0.1, 0.15) is 18.0 Å². The van der Waals surface area contributed by atoms with Crippen LogP contribution in [0.5, 0.6) is 0 Å². The maximum Gasteiger partial charge on any atom is 0.165 e. The lowest BCUT2D eigenvalue weighted by molar-refractivity contribution is 0.858. The summed E-state index contributed by atoms with van der Waals surface area (Å²) in [7, 11) is 2.04. The Bertz CT molecular complexity index is 1440. The second kappa shape index (κ2) is 9.52. The zero-order valence-electron chi connectivity index (χ0n) is 18.6. The van der Waals surface area contributed by atoms with Crippen molar-refractivity contribution in [2.24, 2.45) is 0 Å². The van der Waals surface area contributed by atoms with Crippen molar-refractivity contribution in [3.63, 3.8) is 0 Å². The molecule has 5 rings (SSSR count). The topological polar surface area (TPSA) is 93.7 Å². The predicted molar refractivity (Wildman–Crippen MR) is 139 cm³/mol. The number of nitrogens with zero attached hydrogens (tertiary/aromatic N) is 6. The Morgan fingerprint density at radius 3 is 2.56 bits per heavy atom. The summed E-state index contributed by atoms with van der Waals surface area (Å²) in [4.78, 5) is 24.2. The van der Waals surface area contributed by atoms with E-state index < -0.39 is 0 Å². The van der Waals surface area contributed by atoms with Gasteiger partial charge in [-0.25, -0.2) is 19.9 Å². The molecule has 8 heteroatoms. The lowest BCUT2D eigenvalue weighted by Gasteiger charge is -2.18. The van der Waals surface area contributed by atoms with Crippen LogP contribution in [-0.4, -0.2) is 38.5 Å². The summed E-state index contributed by atoms with van der Waals surface area (Å²) < 4.78 is 0.979. The normalized spacial score (nSPS) is 11.0. The molecule has 0 saturated carbocycles. The fourth-order valence-electron chi connectivity index (χ4n) is 3.84. The SMILES string of the molecule is CN(CCc1ccncc1)c1ccc(-c2cc(-c3cccc(Br)c3)c3c(N)ncnc3n2)cn1. The Balaban J connectivity index is 1.47. The average Bonchev–Trinajstić information content (AvgIpc) is 2.87. The minimum atomic E-state index is 0.406. The van der Waals surface area contributed by atoms with Gasteiger partial charge < -0.3 is 10.6 Å². The third-order valence-corrected chi connectivity index (χ3v) is 6.18. The lowest BCUT2D eigenvalue weighted by atomic mass is 10.0. The van der Waals surface area contributed by atoms with Crippen LogP contribution in [0, 0.1) is 0 Å². The Morgan fingerprint density at radius 1 is 0.941 bits per heavy atom. The molecule has 0 aliphatic carbocycles. The van der Waals surface area contributed by atoms with E-state index in [0.717, 1.165) is 51.0 Å². The summed E-state index contributed by atoms with van der Waals surface area (Å²) in [6, 6.07) is 18.2. The molecule has 0 atom stereocenters. The van der Waals surface area contributed by atoms with Gasteiger partial charge in [-0.2, -0.15) is 0 Å². The Labute approximate surface area is 205 Å². The van der Waals surface area contributed by atoms with Crippen molar-refractivity contribution >= 4 is 38.6 Å². The second-order valence-electron chi connectivity index (χ2n) is 7.96. The zero-order chi connectivity index (χ0) is 23.5. The van der Waals surface area contributed by atoms with E-state index in [1.807, 2.05) is 80.2 Å². The van der Waals surface area contributed by atoms with E-state index in [1.165, 1.54) is 11.9 Å². The van der Waals surface area contributed by atoms with Crippen molar-refractivity contribution in [2.75, 3.05) is 24.2 Å². The van der Waals surface area contributed by atoms with Gasteiger partial charge in [0.2, 0.25) is 0 Å². The first-order valence-corrected chi connectivity index (χ1v) is 11.6. The Morgan fingerprint density at radius 2 is 1.79 bits per heavy atom. The first-order valence-electron chi connectivity index (χ1n) is 10.8. The molecule has 0 unspecified atom stereocenters. The number of nitrogen functional groups attached to an aromatic ring is 1. The number of nitrogens with two attached hydrogens (primary N) is 1. The fourth-order valence-corrected chi connectivity index (χ4v) is 4.24. The summed E-state index contributed by atoms with van der Waals surface area (Å²) >= 11 is 3.56. The Hall–Kier alpha value is -3.91. The summed E-state index contributed by atoms with van der Waals surface area (Å²) in [5.41, 5.74) is 11.6. The van der Waals surface area contributed by atoms with Crippen LogP contribution in [-0.2, 0) is 6.42 Å². The second-order valence-corrected chi connectivity index (χ2v) is 8.87. The molecule has 4 heterocycles. The third-order valence-electron chi connectivity index (χ3n) is 5.69. The molecule has 0 fully saturated rings. The van der Waals surface area contributed by atoms with Crippen LogP contribution >= 0.6 is 15.9 Å². The number of rotatable bonds is 6. The molecule has 168 valence electrons. The molecular weight excluding hydrogens is 490 g/mol. The maximum atomic E-state index is 6.22. The minimum absolute atomic E-state index is 0.406. The predicted octanol–water partition coefficient (Wildman–Crippen LogP) is 5.17. The van der Waals surface area contributed by atoms with Gasteiger partial charge in [-0.3, -0.25) is 4.98 Å². The number of likely N-dealkylation sites (N-methyl/N-ethyl adjacent to an activating group) is 1. The molecule has 0 aliphatic heterocycles. The molecule has 5 aromatic rings. The van der Waals surface area contributed by atoms with Crippen LogP contribution in [0.4, 0.5) is 11.6 Å². The summed E-state index contributed by atoms with van der Waals surface area (Å²) in [5.74, 6) is 1.31. The molecule has 0 amide bonds. The number of hydrogen-bond donors (Lipinski definition) is 1.